The quantitative estimate of drug-likeness (QED) is 0.309. The third kappa shape index (κ3) is 6.60. The number of hydrogen-bond donors (Lipinski definition) is 0. The van der Waals surface area contributed by atoms with E-state index in [9.17, 15) is 0 Å². The van der Waals surface area contributed by atoms with Crippen LogP contribution in [0.25, 0.3) is 0 Å². The monoisotopic (exact) mass is 396 g/mol. The van der Waals surface area contributed by atoms with Crippen molar-refractivity contribution < 1.29 is 0 Å². The molecule has 1 aromatic rings. The molecule has 0 saturated heterocycles. The Labute approximate surface area is 182 Å². The third-order valence-electron chi connectivity index (χ3n) is 8.18. The molecule has 0 aliphatic heterocycles. The smallest absolute Gasteiger partial charge is 0.00469 e. The van der Waals surface area contributed by atoms with Crippen LogP contribution in [-0.4, -0.2) is 0 Å². The van der Waals surface area contributed by atoms with Crippen molar-refractivity contribution in [3.63, 3.8) is 0 Å². The van der Waals surface area contributed by atoms with Crippen molar-refractivity contribution >= 4 is 0 Å². The second-order valence-electron chi connectivity index (χ2n) is 10.4. The lowest BCUT2D eigenvalue weighted by atomic mass is 9.65. The highest BCUT2D eigenvalue weighted by Crippen LogP contribution is 2.44. The van der Waals surface area contributed by atoms with Crippen molar-refractivity contribution in [2.45, 2.75) is 141 Å². The van der Waals surface area contributed by atoms with Crippen molar-refractivity contribution in [3.8, 4) is 0 Å². The summed E-state index contributed by atoms with van der Waals surface area (Å²) in [7, 11) is 0. The van der Waals surface area contributed by atoms with Crippen molar-refractivity contribution in [2.75, 3.05) is 0 Å². The zero-order chi connectivity index (χ0) is 20.4. The SMILES string of the molecule is CCCCCCCC1(c2ccc3c(c2)CCC(CCCCCC)C3)CCCCC1. The van der Waals surface area contributed by atoms with Crippen LogP contribution in [0.4, 0.5) is 0 Å². The first-order chi connectivity index (χ1) is 14.3. The fourth-order valence-electron chi connectivity index (χ4n) is 6.25. The molecule has 0 N–H and O–H groups in total. The molecule has 0 bridgehead atoms. The molecule has 2 aliphatic rings. The van der Waals surface area contributed by atoms with E-state index in [1.165, 1.54) is 122 Å². The van der Waals surface area contributed by atoms with Crippen LogP contribution in [-0.2, 0) is 18.3 Å². The molecule has 1 unspecified atom stereocenters. The van der Waals surface area contributed by atoms with E-state index in [0.717, 1.165) is 5.92 Å². The molecule has 1 saturated carbocycles. The second kappa shape index (κ2) is 12.2. The maximum absolute atomic E-state index is 2.68. The van der Waals surface area contributed by atoms with Gasteiger partial charge >= 0.3 is 0 Å². The molecule has 164 valence electrons. The molecule has 29 heavy (non-hydrogen) atoms. The molecule has 3 rings (SSSR count). The van der Waals surface area contributed by atoms with Gasteiger partial charge in [0.15, 0.2) is 0 Å². The number of benzene rings is 1. The van der Waals surface area contributed by atoms with Crippen molar-refractivity contribution in [1.82, 2.24) is 0 Å². The van der Waals surface area contributed by atoms with Gasteiger partial charge in [0.1, 0.15) is 0 Å². The Morgan fingerprint density at radius 2 is 1.52 bits per heavy atom. The normalized spacial score (nSPS) is 21.1. The van der Waals surface area contributed by atoms with Gasteiger partial charge in [-0.2, -0.15) is 0 Å². The van der Waals surface area contributed by atoms with Crippen molar-refractivity contribution in [3.05, 3.63) is 34.9 Å². The van der Waals surface area contributed by atoms with Gasteiger partial charge in [-0.25, -0.2) is 0 Å². The van der Waals surface area contributed by atoms with Gasteiger partial charge in [0.05, 0.1) is 0 Å². The van der Waals surface area contributed by atoms with Crippen LogP contribution in [0.1, 0.15) is 140 Å². The number of rotatable bonds is 12. The van der Waals surface area contributed by atoms with Crippen molar-refractivity contribution in [1.29, 1.82) is 0 Å². The average Bonchev–Trinajstić information content (AvgIpc) is 2.77. The molecule has 1 atom stereocenters. The molecule has 0 aromatic heterocycles. The van der Waals surface area contributed by atoms with Gasteiger partial charge < -0.3 is 0 Å². The molecule has 0 heterocycles. The van der Waals surface area contributed by atoms with E-state index in [1.807, 2.05) is 0 Å². The Morgan fingerprint density at radius 1 is 0.793 bits per heavy atom. The van der Waals surface area contributed by atoms with Gasteiger partial charge in [-0.1, -0.05) is 116 Å². The summed E-state index contributed by atoms with van der Waals surface area (Å²) in [6, 6.07) is 7.80. The van der Waals surface area contributed by atoms with E-state index in [-0.39, 0.29) is 0 Å². The number of hydrogen-bond acceptors (Lipinski definition) is 0. The Balaban J connectivity index is 1.61. The van der Waals surface area contributed by atoms with Crippen LogP contribution in [0.3, 0.4) is 0 Å². The maximum atomic E-state index is 2.68. The standard InChI is InChI=1S/C29H48/c1-3-5-7-9-12-20-29(21-13-10-14-22-29)28-19-18-26-23-25(15-11-8-6-4-2)16-17-27(26)24-28/h18-19,24-25H,3-17,20-23H2,1-2H3. The summed E-state index contributed by atoms with van der Waals surface area (Å²) in [6.45, 7) is 4.64. The number of aryl methyl sites for hydroxylation is 1. The lowest BCUT2D eigenvalue weighted by Gasteiger charge is -2.39. The zero-order valence-corrected chi connectivity index (χ0v) is 19.7. The zero-order valence-electron chi connectivity index (χ0n) is 19.7. The summed E-state index contributed by atoms with van der Waals surface area (Å²) in [5.41, 5.74) is 5.63. The minimum absolute atomic E-state index is 0.510. The molecule has 0 heteroatoms. The highest BCUT2D eigenvalue weighted by Gasteiger charge is 2.34. The Hall–Kier alpha value is -0.780. The summed E-state index contributed by atoms with van der Waals surface area (Å²) < 4.78 is 0. The predicted octanol–water partition coefficient (Wildman–Crippen LogP) is 9.32. The summed E-state index contributed by atoms with van der Waals surface area (Å²) >= 11 is 0. The Kier molecular flexibility index (Phi) is 9.60. The minimum Gasteiger partial charge on any atom is -0.0654 e. The predicted molar refractivity (Wildman–Crippen MR) is 129 cm³/mol. The molecular weight excluding hydrogens is 348 g/mol. The Morgan fingerprint density at radius 3 is 2.28 bits per heavy atom. The van der Waals surface area contributed by atoms with Gasteiger partial charge in [-0.3, -0.25) is 0 Å². The third-order valence-corrected chi connectivity index (χ3v) is 8.18. The van der Waals surface area contributed by atoms with Gasteiger partial charge in [0.25, 0.3) is 0 Å². The molecule has 0 spiro atoms. The van der Waals surface area contributed by atoms with Crippen LogP contribution in [0, 0.1) is 5.92 Å². The minimum atomic E-state index is 0.510. The summed E-state index contributed by atoms with van der Waals surface area (Å²) in [5.74, 6) is 0.951. The van der Waals surface area contributed by atoms with Crippen molar-refractivity contribution in [2.24, 2.45) is 5.92 Å². The van der Waals surface area contributed by atoms with E-state index in [2.05, 4.69) is 32.0 Å². The molecule has 0 nitrogen and oxygen atoms in total. The second-order valence-corrected chi connectivity index (χ2v) is 10.4. The number of unbranched alkanes of at least 4 members (excludes halogenated alkanes) is 7. The van der Waals surface area contributed by atoms with E-state index >= 15 is 0 Å². The van der Waals surface area contributed by atoms with Gasteiger partial charge in [0, 0.05) is 0 Å². The highest BCUT2D eigenvalue weighted by atomic mass is 14.4. The molecule has 1 aromatic carbocycles. The van der Waals surface area contributed by atoms with Crippen LogP contribution < -0.4 is 0 Å². The molecule has 0 radical (unpaired) electrons. The lowest BCUT2D eigenvalue weighted by molar-refractivity contribution is 0.265. The first kappa shape index (κ1) is 22.9. The molecule has 1 fully saturated rings. The first-order valence-electron chi connectivity index (χ1n) is 13.4. The van der Waals surface area contributed by atoms with E-state index in [0.29, 0.717) is 5.41 Å². The van der Waals surface area contributed by atoms with E-state index in [1.54, 1.807) is 16.7 Å². The Bertz CT molecular complexity index is 578. The molecule has 0 amide bonds. The topological polar surface area (TPSA) is 0 Å². The van der Waals surface area contributed by atoms with Crippen LogP contribution in [0.2, 0.25) is 0 Å². The van der Waals surface area contributed by atoms with Crippen LogP contribution in [0.15, 0.2) is 18.2 Å². The first-order valence-corrected chi connectivity index (χ1v) is 13.4. The largest absolute Gasteiger partial charge is 0.0654 e. The summed E-state index contributed by atoms with van der Waals surface area (Å²) in [5, 5.41) is 0. The van der Waals surface area contributed by atoms with E-state index < -0.39 is 0 Å². The lowest BCUT2D eigenvalue weighted by Crippen LogP contribution is -2.29. The highest BCUT2D eigenvalue weighted by molar-refractivity contribution is 5.38. The fraction of sp³-hybridized carbons (Fsp3) is 0.793. The van der Waals surface area contributed by atoms with Gasteiger partial charge in [-0.05, 0) is 66.5 Å². The molecule has 2 aliphatic carbocycles. The van der Waals surface area contributed by atoms with Gasteiger partial charge in [0.2, 0.25) is 0 Å². The maximum Gasteiger partial charge on any atom is -0.00469 e. The average molecular weight is 397 g/mol. The van der Waals surface area contributed by atoms with Crippen LogP contribution in [0.5, 0.6) is 0 Å². The summed E-state index contributed by atoms with van der Waals surface area (Å²) in [4.78, 5) is 0. The summed E-state index contributed by atoms with van der Waals surface area (Å²) in [6.07, 6.45) is 27.1. The van der Waals surface area contributed by atoms with Crippen LogP contribution >= 0.6 is 0 Å². The van der Waals surface area contributed by atoms with Gasteiger partial charge in [-0.15, -0.1) is 0 Å². The fourth-order valence-corrected chi connectivity index (χ4v) is 6.25. The van der Waals surface area contributed by atoms with E-state index in [4.69, 9.17) is 0 Å². The number of fused-ring (bicyclic) bond motifs is 1. The molecular formula is C29H48.